The third kappa shape index (κ3) is 4.30. The van der Waals surface area contributed by atoms with Crippen LogP contribution in [0.4, 0.5) is 11.4 Å². The van der Waals surface area contributed by atoms with E-state index in [1.807, 2.05) is 18.7 Å². The second-order valence-corrected chi connectivity index (χ2v) is 6.51. The summed E-state index contributed by atoms with van der Waals surface area (Å²) in [5.74, 6) is -1.18. The number of anilines is 1. The molecule has 1 amide bonds. The number of amides is 1. The number of nitrogens with one attached hydrogen (secondary N) is 1. The molecule has 2 unspecified atom stereocenters. The Morgan fingerprint density at radius 1 is 1.35 bits per heavy atom. The summed E-state index contributed by atoms with van der Waals surface area (Å²) in [6.45, 7) is 5.28. The van der Waals surface area contributed by atoms with E-state index in [4.69, 9.17) is 4.74 Å². The highest BCUT2D eigenvalue weighted by Crippen LogP contribution is 2.31. The zero-order valence-electron chi connectivity index (χ0n) is 15.4. The molecule has 0 spiro atoms. The number of carbonyl (C=O) groups excluding carboxylic acids is 2. The van der Waals surface area contributed by atoms with Gasteiger partial charge in [-0.1, -0.05) is 20.3 Å². The standard InChI is InChI=1S/C18H25N3O5/c1-4-12(2)16(18(23)26-3)19-17(22)13-7-8-14(15(11-13)21(24)25)20-9-5-6-10-20/h7-8,11-12,16H,4-6,9-10H2,1-3H3,(H,19,22). The van der Waals surface area contributed by atoms with Gasteiger partial charge in [0.25, 0.3) is 11.6 Å². The largest absolute Gasteiger partial charge is 0.467 e. The summed E-state index contributed by atoms with van der Waals surface area (Å²) in [6.07, 6.45) is 2.66. The van der Waals surface area contributed by atoms with E-state index >= 15 is 0 Å². The van der Waals surface area contributed by atoms with Gasteiger partial charge in [0.15, 0.2) is 0 Å². The maximum atomic E-state index is 12.5. The van der Waals surface area contributed by atoms with Crippen molar-refractivity contribution in [1.29, 1.82) is 0 Å². The zero-order chi connectivity index (χ0) is 19.3. The van der Waals surface area contributed by atoms with E-state index in [0.717, 1.165) is 25.9 Å². The Kier molecular flexibility index (Phi) is 6.54. The summed E-state index contributed by atoms with van der Waals surface area (Å²) in [4.78, 5) is 37.4. The Bertz CT molecular complexity index is 685. The number of esters is 1. The van der Waals surface area contributed by atoms with Crippen molar-refractivity contribution >= 4 is 23.3 Å². The first-order valence-corrected chi connectivity index (χ1v) is 8.81. The van der Waals surface area contributed by atoms with Crippen LogP contribution in [-0.4, -0.2) is 43.0 Å². The first kappa shape index (κ1) is 19.7. The number of rotatable bonds is 7. The van der Waals surface area contributed by atoms with Crippen LogP contribution >= 0.6 is 0 Å². The van der Waals surface area contributed by atoms with Crippen LogP contribution in [0.5, 0.6) is 0 Å². The second kappa shape index (κ2) is 8.64. The van der Waals surface area contributed by atoms with Crippen molar-refractivity contribution in [1.82, 2.24) is 5.32 Å². The van der Waals surface area contributed by atoms with Crippen LogP contribution in [0.1, 0.15) is 43.5 Å². The van der Waals surface area contributed by atoms with Gasteiger partial charge in [0.2, 0.25) is 0 Å². The fourth-order valence-electron chi connectivity index (χ4n) is 3.06. The lowest BCUT2D eigenvalue weighted by Crippen LogP contribution is -2.45. The molecular formula is C18H25N3O5. The molecular weight excluding hydrogens is 338 g/mol. The van der Waals surface area contributed by atoms with E-state index in [2.05, 4.69) is 5.32 Å². The van der Waals surface area contributed by atoms with Gasteiger partial charge in [-0.2, -0.15) is 0 Å². The highest BCUT2D eigenvalue weighted by Gasteiger charge is 2.29. The third-order valence-electron chi connectivity index (χ3n) is 4.84. The van der Waals surface area contributed by atoms with Gasteiger partial charge in [-0.3, -0.25) is 14.9 Å². The van der Waals surface area contributed by atoms with Crippen LogP contribution in [0.2, 0.25) is 0 Å². The van der Waals surface area contributed by atoms with E-state index in [-0.39, 0.29) is 17.2 Å². The van der Waals surface area contributed by atoms with Crippen LogP contribution in [0.15, 0.2) is 18.2 Å². The fraction of sp³-hybridized carbons (Fsp3) is 0.556. The Balaban J connectivity index is 2.26. The van der Waals surface area contributed by atoms with Crippen molar-refractivity contribution in [2.24, 2.45) is 5.92 Å². The van der Waals surface area contributed by atoms with Crippen molar-refractivity contribution < 1.29 is 19.2 Å². The highest BCUT2D eigenvalue weighted by atomic mass is 16.6. The molecule has 0 aromatic heterocycles. The molecule has 8 heteroatoms. The first-order chi connectivity index (χ1) is 12.4. The number of methoxy groups -OCH3 is 1. The quantitative estimate of drug-likeness (QED) is 0.454. The minimum Gasteiger partial charge on any atom is -0.467 e. The molecule has 2 rings (SSSR count). The molecule has 1 aliphatic rings. The molecule has 1 saturated heterocycles. The molecule has 1 aromatic rings. The lowest BCUT2D eigenvalue weighted by molar-refractivity contribution is -0.384. The molecule has 8 nitrogen and oxygen atoms in total. The van der Waals surface area contributed by atoms with Crippen molar-refractivity contribution in [2.75, 3.05) is 25.1 Å². The van der Waals surface area contributed by atoms with E-state index in [1.165, 1.54) is 13.2 Å². The number of hydrogen-bond donors (Lipinski definition) is 1. The number of nitro benzene ring substituents is 1. The summed E-state index contributed by atoms with van der Waals surface area (Å²) >= 11 is 0. The summed E-state index contributed by atoms with van der Waals surface area (Å²) in [6, 6.07) is 3.64. The van der Waals surface area contributed by atoms with Crippen LogP contribution in [0.3, 0.4) is 0 Å². The maximum Gasteiger partial charge on any atom is 0.328 e. The minimum absolute atomic E-state index is 0.0993. The number of benzene rings is 1. The molecule has 1 N–H and O–H groups in total. The van der Waals surface area contributed by atoms with Crippen LogP contribution < -0.4 is 10.2 Å². The normalized spacial score (nSPS) is 16.0. The number of nitrogens with zero attached hydrogens (tertiary/aromatic N) is 2. The van der Waals surface area contributed by atoms with Gasteiger partial charge in [0.05, 0.1) is 12.0 Å². The Morgan fingerprint density at radius 3 is 2.54 bits per heavy atom. The van der Waals surface area contributed by atoms with Gasteiger partial charge >= 0.3 is 5.97 Å². The van der Waals surface area contributed by atoms with Crippen LogP contribution in [0.25, 0.3) is 0 Å². The monoisotopic (exact) mass is 363 g/mol. The highest BCUT2D eigenvalue weighted by molar-refractivity contribution is 5.98. The smallest absolute Gasteiger partial charge is 0.328 e. The van der Waals surface area contributed by atoms with Gasteiger partial charge in [0, 0.05) is 24.7 Å². The van der Waals surface area contributed by atoms with Crippen LogP contribution in [-0.2, 0) is 9.53 Å². The number of hydrogen-bond acceptors (Lipinski definition) is 6. The molecule has 0 bridgehead atoms. The molecule has 0 radical (unpaired) electrons. The van der Waals surface area contributed by atoms with Gasteiger partial charge in [-0.05, 0) is 30.9 Å². The van der Waals surface area contributed by atoms with E-state index in [1.54, 1.807) is 12.1 Å². The van der Waals surface area contributed by atoms with Crippen molar-refractivity contribution in [3.05, 3.63) is 33.9 Å². The third-order valence-corrected chi connectivity index (χ3v) is 4.84. The molecule has 2 atom stereocenters. The van der Waals surface area contributed by atoms with Crippen molar-refractivity contribution in [3.8, 4) is 0 Å². The molecule has 1 fully saturated rings. The molecule has 142 valence electrons. The number of carbonyl (C=O) groups is 2. The average molecular weight is 363 g/mol. The zero-order valence-corrected chi connectivity index (χ0v) is 15.4. The lowest BCUT2D eigenvalue weighted by Gasteiger charge is -2.22. The van der Waals surface area contributed by atoms with Gasteiger partial charge in [-0.25, -0.2) is 4.79 Å². The molecule has 0 aliphatic carbocycles. The van der Waals surface area contributed by atoms with E-state index in [9.17, 15) is 19.7 Å². The predicted octanol–water partition coefficient (Wildman–Crippen LogP) is 2.51. The molecule has 1 aliphatic heterocycles. The second-order valence-electron chi connectivity index (χ2n) is 6.51. The lowest BCUT2D eigenvalue weighted by atomic mass is 9.98. The number of nitro groups is 1. The van der Waals surface area contributed by atoms with Gasteiger partial charge in [-0.15, -0.1) is 0 Å². The molecule has 26 heavy (non-hydrogen) atoms. The van der Waals surface area contributed by atoms with Crippen molar-refractivity contribution in [3.63, 3.8) is 0 Å². The van der Waals surface area contributed by atoms with Gasteiger partial charge in [0.1, 0.15) is 11.7 Å². The Labute approximate surface area is 152 Å². The summed E-state index contributed by atoms with van der Waals surface area (Å²) in [7, 11) is 1.26. The van der Waals surface area contributed by atoms with Gasteiger partial charge < -0.3 is 15.0 Å². The number of ether oxygens (including phenoxy) is 1. The fourth-order valence-corrected chi connectivity index (χ4v) is 3.06. The molecule has 0 saturated carbocycles. The first-order valence-electron chi connectivity index (χ1n) is 8.81. The summed E-state index contributed by atoms with van der Waals surface area (Å²) in [5, 5.41) is 14.1. The van der Waals surface area contributed by atoms with E-state index < -0.39 is 22.8 Å². The predicted molar refractivity (Wildman–Crippen MR) is 97.3 cm³/mol. The molecule has 1 heterocycles. The molecule has 1 aromatic carbocycles. The minimum atomic E-state index is -0.796. The summed E-state index contributed by atoms with van der Waals surface area (Å²) < 4.78 is 4.75. The SMILES string of the molecule is CCC(C)C(NC(=O)c1ccc(N2CCCC2)c([N+](=O)[O-])c1)C(=O)OC. The Hall–Kier alpha value is -2.64. The topological polar surface area (TPSA) is 102 Å². The Morgan fingerprint density at radius 2 is 2.00 bits per heavy atom. The van der Waals surface area contributed by atoms with Crippen molar-refractivity contribution in [2.45, 2.75) is 39.2 Å². The summed E-state index contributed by atoms with van der Waals surface area (Å²) in [5.41, 5.74) is 0.574. The average Bonchev–Trinajstić information content (AvgIpc) is 3.18. The van der Waals surface area contributed by atoms with Crippen LogP contribution in [0, 0.1) is 16.0 Å². The van der Waals surface area contributed by atoms with E-state index in [0.29, 0.717) is 12.1 Å². The maximum absolute atomic E-state index is 12.5.